The molecule has 2 atom stereocenters. The highest BCUT2D eigenvalue weighted by atomic mass is 14.6. The molecule has 0 spiro atoms. The highest BCUT2D eigenvalue weighted by Crippen LogP contribution is 2.40. The molecule has 0 saturated heterocycles. The normalized spacial score (nSPS) is 24.6. The number of aryl methyl sites for hydroxylation is 1. The largest absolute Gasteiger partial charge is 0.264 e. The van der Waals surface area contributed by atoms with Crippen molar-refractivity contribution in [2.45, 2.75) is 63.7 Å². The second kappa shape index (κ2) is 6.43. The monoisotopic (exact) mass is 306 g/mol. The highest BCUT2D eigenvalue weighted by molar-refractivity contribution is 5.25. The van der Waals surface area contributed by atoms with Crippen LogP contribution in [-0.4, -0.2) is 9.97 Å². The zero-order valence-corrected chi connectivity index (χ0v) is 14.0. The average Bonchev–Trinajstić information content (AvgIpc) is 2.94. The summed E-state index contributed by atoms with van der Waals surface area (Å²) in [7, 11) is 0. The lowest BCUT2D eigenvalue weighted by atomic mass is 9.80. The summed E-state index contributed by atoms with van der Waals surface area (Å²) in [5, 5.41) is 0. The van der Waals surface area contributed by atoms with Gasteiger partial charge in [0.1, 0.15) is 0 Å². The van der Waals surface area contributed by atoms with Crippen molar-refractivity contribution in [3.05, 3.63) is 59.2 Å². The molecule has 0 aliphatic heterocycles. The number of aromatic nitrogens is 2. The second-order valence-electron chi connectivity index (χ2n) is 7.63. The van der Waals surface area contributed by atoms with E-state index in [4.69, 9.17) is 0 Å². The van der Waals surface area contributed by atoms with Gasteiger partial charge in [-0.1, -0.05) is 18.6 Å². The van der Waals surface area contributed by atoms with Gasteiger partial charge in [0.2, 0.25) is 0 Å². The van der Waals surface area contributed by atoms with Gasteiger partial charge in [-0.2, -0.15) is 0 Å². The molecule has 0 N–H and O–H groups in total. The van der Waals surface area contributed by atoms with Crippen molar-refractivity contribution in [3.63, 3.8) is 0 Å². The molecule has 120 valence electrons. The number of hydrogen-bond donors (Lipinski definition) is 0. The average molecular weight is 306 g/mol. The van der Waals surface area contributed by atoms with Crippen LogP contribution in [0.25, 0.3) is 0 Å². The number of nitrogens with zero attached hydrogens (tertiary/aromatic N) is 2. The zero-order chi connectivity index (χ0) is 15.6. The summed E-state index contributed by atoms with van der Waals surface area (Å²) in [5.41, 5.74) is 5.64. The van der Waals surface area contributed by atoms with Gasteiger partial charge in [0.15, 0.2) is 0 Å². The predicted octanol–water partition coefficient (Wildman–Crippen LogP) is 5.18. The highest BCUT2D eigenvalue weighted by Gasteiger charge is 2.27. The number of pyridine rings is 2. The van der Waals surface area contributed by atoms with Crippen molar-refractivity contribution in [1.82, 2.24) is 9.97 Å². The van der Waals surface area contributed by atoms with Crippen molar-refractivity contribution in [1.29, 1.82) is 0 Å². The molecule has 23 heavy (non-hydrogen) atoms. The summed E-state index contributed by atoms with van der Waals surface area (Å²) in [6.45, 7) is 2.14. The predicted molar refractivity (Wildman–Crippen MR) is 93.6 cm³/mol. The molecule has 2 aromatic rings. The summed E-state index contributed by atoms with van der Waals surface area (Å²) in [5.74, 6) is 2.30. The SMILES string of the molecule is Cc1cncc(C2CCC(Cc3cncc(C4CCC4)c3)C2)c1. The molecule has 2 fully saturated rings. The van der Waals surface area contributed by atoms with Gasteiger partial charge in [-0.15, -0.1) is 0 Å². The first-order valence-electron chi connectivity index (χ1n) is 9.13. The van der Waals surface area contributed by atoms with Crippen LogP contribution < -0.4 is 0 Å². The molecule has 2 aromatic heterocycles. The van der Waals surface area contributed by atoms with Crippen LogP contribution in [0, 0.1) is 12.8 Å². The van der Waals surface area contributed by atoms with E-state index in [1.165, 1.54) is 67.2 Å². The topological polar surface area (TPSA) is 25.8 Å². The van der Waals surface area contributed by atoms with E-state index in [0.29, 0.717) is 5.92 Å². The molecule has 0 amide bonds. The van der Waals surface area contributed by atoms with E-state index in [-0.39, 0.29) is 0 Å². The van der Waals surface area contributed by atoms with Crippen LogP contribution in [0.15, 0.2) is 36.9 Å². The standard InChI is InChI=1S/C21H26N2/c1-15-7-20(13-22-11-15)19-6-5-16(9-19)8-17-10-21(14-23-12-17)18-3-2-4-18/h7,10-14,16,18-19H,2-6,8-9H2,1H3. The van der Waals surface area contributed by atoms with E-state index in [1.54, 1.807) is 0 Å². The smallest absolute Gasteiger partial charge is 0.0302 e. The fraction of sp³-hybridized carbons (Fsp3) is 0.524. The van der Waals surface area contributed by atoms with Gasteiger partial charge in [0.25, 0.3) is 0 Å². The van der Waals surface area contributed by atoms with Gasteiger partial charge in [0.05, 0.1) is 0 Å². The van der Waals surface area contributed by atoms with Crippen LogP contribution >= 0.6 is 0 Å². The Morgan fingerprint density at radius 3 is 2.39 bits per heavy atom. The van der Waals surface area contributed by atoms with Gasteiger partial charge in [-0.3, -0.25) is 9.97 Å². The van der Waals surface area contributed by atoms with Gasteiger partial charge >= 0.3 is 0 Å². The molecule has 0 aromatic carbocycles. The van der Waals surface area contributed by atoms with Crippen molar-refractivity contribution >= 4 is 0 Å². The molecule has 2 heterocycles. The molecule has 2 aliphatic carbocycles. The van der Waals surface area contributed by atoms with E-state index >= 15 is 0 Å². The van der Waals surface area contributed by atoms with Crippen LogP contribution in [0.4, 0.5) is 0 Å². The molecule has 0 bridgehead atoms. The molecule has 0 radical (unpaired) electrons. The Bertz CT molecular complexity index is 675. The van der Waals surface area contributed by atoms with E-state index in [2.05, 4.69) is 47.6 Å². The minimum Gasteiger partial charge on any atom is -0.264 e. The Morgan fingerprint density at radius 1 is 0.870 bits per heavy atom. The number of hydrogen-bond acceptors (Lipinski definition) is 2. The Morgan fingerprint density at radius 2 is 1.65 bits per heavy atom. The molecule has 2 aliphatic rings. The summed E-state index contributed by atoms with van der Waals surface area (Å²) in [6.07, 6.45) is 17.5. The molecule has 2 saturated carbocycles. The van der Waals surface area contributed by atoms with Crippen molar-refractivity contribution in [2.24, 2.45) is 5.92 Å². The lowest BCUT2D eigenvalue weighted by Gasteiger charge is -2.25. The minimum absolute atomic E-state index is 0.704. The third kappa shape index (κ3) is 3.31. The van der Waals surface area contributed by atoms with Crippen LogP contribution in [0.5, 0.6) is 0 Å². The Balaban J connectivity index is 1.40. The second-order valence-corrected chi connectivity index (χ2v) is 7.63. The Kier molecular flexibility index (Phi) is 4.15. The number of rotatable bonds is 4. The van der Waals surface area contributed by atoms with Crippen LogP contribution in [0.1, 0.15) is 72.6 Å². The van der Waals surface area contributed by atoms with Gasteiger partial charge in [-0.25, -0.2) is 0 Å². The molecule has 4 rings (SSSR count). The lowest BCUT2D eigenvalue weighted by Crippen LogP contribution is -2.10. The summed E-state index contributed by atoms with van der Waals surface area (Å²) in [4.78, 5) is 8.88. The molecule has 2 unspecified atom stereocenters. The third-order valence-electron chi connectivity index (χ3n) is 5.83. The van der Waals surface area contributed by atoms with Gasteiger partial charge < -0.3 is 0 Å². The lowest BCUT2D eigenvalue weighted by molar-refractivity contribution is 0.418. The molecule has 2 nitrogen and oxygen atoms in total. The van der Waals surface area contributed by atoms with Crippen LogP contribution in [0.2, 0.25) is 0 Å². The van der Waals surface area contributed by atoms with E-state index < -0.39 is 0 Å². The summed E-state index contributed by atoms with van der Waals surface area (Å²) >= 11 is 0. The van der Waals surface area contributed by atoms with Crippen molar-refractivity contribution in [3.8, 4) is 0 Å². The van der Waals surface area contributed by atoms with E-state index in [1.807, 2.05) is 6.20 Å². The van der Waals surface area contributed by atoms with Crippen molar-refractivity contribution < 1.29 is 0 Å². The first-order valence-corrected chi connectivity index (χ1v) is 9.13. The maximum atomic E-state index is 4.51. The Labute approximate surface area is 139 Å². The van der Waals surface area contributed by atoms with Gasteiger partial charge in [0, 0.05) is 24.8 Å². The Hall–Kier alpha value is -1.70. The van der Waals surface area contributed by atoms with E-state index in [0.717, 1.165) is 11.8 Å². The fourth-order valence-electron chi connectivity index (χ4n) is 4.28. The molecular formula is C21H26N2. The zero-order valence-electron chi connectivity index (χ0n) is 14.0. The van der Waals surface area contributed by atoms with E-state index in [9.17, 15) is 0 Å². The summed E-state index contributed by atoms with van der Waals surface area (Å²) in [6, 6.07) is 4.75. The molecule has 2 heteroatoms. The third-order valence-corrected chi connectivity index (χ3v) is 5.83. The van der Waals surface area contributed by atoms with Crippen LogP contribution in [0.3, 0.4) is 0 Å². The summed E-state index contributed by atoms with van der Waals surface area (Å²) < 4.78 is 0. The molecular weight excluding hydrogens is 280 g/mol. The first-order chi connectivity index (χ1) is 11.3. The van der Waals surface area contributed by atoms with Crippen LogP contribution in [-0.2, 0) is 6.42 Å². The quantitative estimate of drug-likeness (QED) is 0.778. The van der Waals surface area contributed by atoms with Gasteiger partial charge in [-0.05, 0) is 85.5 Å². The maximum Gasteiger partial charge on any atom is 0.0302 e. The fourth-order valence-corrected chi connectivity index (χ4v) is 4.28. The maximum absolute atomic E-state index is 4.51. The minimum atomic E-state index is 0.704. The van der Waals surface area contributed by atoms with Crippen molar-refractivity contribution in [2.75, 3.05) is 0 Å². The first kappa shape index (κ1) is 14.9.